The Hall–Kier alpha value is -3.80. The summed E-state index contributed by atoms with van der Waals surface area (Å²) in [6, 6.07) is 22.5. The van der Waals surface area contributed by atoms with Crippen molar-refractivity contribution in [2.45, 2.75) is 6.54 Å². The molecule has 29 heavy (non-hydrogen) atoms. The summed E-state index contributed by atoms with van der Waals surface area (Å²) < 4.78 is 14.8. The molecule has 0 aliphatic rings. The summed E-state index contributed by atoms with van der Waals surface area (Å²) in [5, 5.41) is 11.2. The molecular formula is C23H20N4O2. The largest absolute Gasteiger partial charge is 0.497 e. The van der Waals surface area contributed by atoms with E-state index in [-0.39, 0.29) is 0 Å². The van der Waals surface area contributed by atoms with Crippen molar-refractivity contribution < 1.29 is 9.47 Å². The van der Waals surface area contributed by atoms with Crippen molar-refractivity contribution in [2.75, 3.05) is 14.2 Å². The van der Waals surface area contributed by atoms with E-state index in [0.717, 1.165) is 17.1 Å². The van der Waals surface area contributed by atoms with Gasteiger partial charge in [-0.2, -0.15) is 0 Å². The summed E-state index contributed by atoms with van der Waals surface area (Å²) in [6.07, 6.45) is 1.93. The lowest BCUT2D eigenvalue weighted by atomic mass is 10.2. The Morgan fingerprint density at radius 2 is 1.52 bits per heavy atom. The van der Waals surface area contributed by atoms with Gasteiger partial charge in [0.1, 0.15) is 22.9 Å². The predicted octanol–water partition coefficient (Wildman–Crippen LogP) is 4.44. The average Bonchev–Trinajstić information content (AvgIpc) is 3.37. The fourth-order valence-corrected chi connectivity index (χ4v) is 3.80. The van der Waals surface area contributed by atoms with E-state index >= 15 is 0 Å². The van der Waals surface area contributed by atoms with Crippen LogP contribution in [0.1, 0.15) is 5.69 Å². The minimum atomic E-state index is 0.625. The van der Waals surface area contributed by atoms with Gasteiger partial charge in [0.2, 0.25) is 0 Å². The number of benzene rings is 3. The second-order valence-corrected chi connectivity index (χ2v) is 6.81. The molecule has 6 heteroatoms. The number of fused-ring (bicyclic) bond motifs is 3. The zero-order valence-corrected chi connectivity index (χ0v) is 16.2. The van der Waals surface area contributed by atoms with E-state index in [1.54, 1.807) is 18.9 Å². The number of hydrogen-bond acceptors (Lipinski definition) is 4. The number of nitrogens with zero attached hydrogens (tertiary/aromatic N) is 4. The molecule has 0 saturated heterocycles. The van der Waals surface area contributed by atoms with Crippen molar-refractivity contribution in [2.24, 2.45) is 0 Å². The number of rotatable bonds is 5. The molecular weight excluding hydrogens is 364 g/mol. The van der Waals surface area contributed by atoms with Crippen LogP contribution in [0, 0.1) is 0 Å². The van der Waals surface area contributed by atoms with E-state index in [0.29, 0.717) is 12.3 Å². The number of hydrogen-bond donors (Lipinski definition) is 0. The monoisotopic (exact) mass is 384 g/mol. The predicted molar refractivity (Wildman–Crippen MR) is 113 cm³/mol. The van der Waals surface area contributed by atoms with Crippen LogP contribution < -0.4 is 9.47 Å². The highest BCUT2D eigenvalue weighted by Crippen LogP contribution is 2.30. The Morgan fingerprint density at radius 1 is 0.828 bits per heavy atom. The number of methoxy groups -OCH3 is 2. The van der Waals surface area contributed by atoms with Gasteiger partial charge >= 0.3 is 0 Å². The summed E-state index contributed by atoms with van der Waals surface area (Å²) in [5.41, 5.74) is 4.01. The van der Waals surface area contributed by atoms with Gasteiger partial charge in [-0.15, -0.1) is 5.10 Å². The molecule has 0 bridgehead atoms. The number of para-hydroxylation sites is 2. The van der Waals surface area contributed by atoms with Crippen molar-refractivity contribution in [1.82, 2.24) is 19.6 Å². The van der Waals surface area contributed by atoms with Crippen molar-refractivity contribution in [3.63, 3.8) is 0 Å². The maximum absolute atomic E-state index is 5.48. The minimum absolute atomic E-state index is 0.625. The third kappa shape index (κ3) is 2.89. The van der Waals surface area contributed by atoms with Crippen molar-refractivity contribution >= 4 is 21.8 Å². The Morgan fingerprint density at radius 3 is 2.17 bits per heavy atom. The second-order valence-electron chi connectivity index (χ2n) is 6.81. The van der Waals surface area contributed by atoms with E-state index in [2.05, 4.69) is 63.4 Å². The van der Waals surface area contributed by atoms with E-state index in [4.69, 9.17) is 9.47 Å². The fourth-order valence-electron chi connectivity index (χ4n) is 3.80. The van der Waals surface area contributed by atoms with Crippen LogP contribution in [0.3, 0.4) is 0 Å². The molecule has 0 saturated carbocycles. The highest BCUT2D eigenvalue weighted by atomic mass is 16.5. The van der Waals surface area contributed by atoms with Gasteiger partial charge in [0.15, 0.2) is 0 Å². The van der Waals surface area contributed by atoms with Gasteiger partial charge in [-0.05, 0) is 24.3 Å². The fraction of sp³-hybridized carbons (Fsp3) is 0.130. The van der Waals surface area contributed by atoms with Gasteiger partial charge in [0.05, 0.1) is 27.0 Å². The molecule has 5 aromatic rings. The molecule has 2 heterocycles. The summed E-state index contributed by atoms with van der Waals surface area (Å²) in [6.45, 7) is 0.625. The van der Waals surface area contributed by atoms with Crippen LogP contribution in [0.15, 0.2) is 72.9 Å². The van der Waals surface area contributed by atoms with Crippen molar-refractivity contribution in [1.29, 1.82) is 0 Å². The Balaban J connectivity index is 1.58. The molecule has 0 N–H and O–H groups in total. The Labute approximate surface area is 167 Å². The van der Waals surface area contributed by atoms with Gasteiger partial charge in [-0.3, -0.25) is 0 Å². The lowest BCUT2D eigenvalue weighted by molar-refractivity contribution is 0.400. The molecule has 3 aromatic carbocycles. The second kappa shape index (κ2) is 6.98. The molecule has 2 aromatic heterocycles. The van der Waals surface area contributed by atoms with Crippen LogP contribution in [0.2, 0.25) is 0 Å². The first-order valence-corrected chi connectivity index (χ1v) is 9.38. The topological polar surface area (TPSA) is 54.1 Å². The van der Waals surface area contributed by atoms with Gasteiger partial charge in [0, 0.05) is 27.9 Å². The first-order chi connectivity index (χ1) is 14.3. The Bertz CT molecular complexity index is 1270. The van der Waals surface area contributed by atoms with Gasteiger partial charge in [-0.25, -0.2) is 4.68 Å². The first-order valence-electron chi connectivity index (χ1n) is 9.38. The number of ether oxygens (including phenoxy) is 2. The molecule has 0 aliphatic heterocycles. The zero-order valence-electron chi connectivity index (χ0n) is 16.2. The Kier molecular flexibility index (Phi) is 4.17. The highest BCUT2D eigenvalue weighted by Gasteiger charge is 2.14. The molecule has 0 fully saturated rings. The quantitative estimate of drug-likeness (QED) is 0.450. The van der Waals surface area contributed by atoms with Crippen molar-refractivity contribution in [3.8, 4) is 17.2 Å². The maximum atomic E-state index is 5.48. The summed E-state index contributed by atoms with van der Waals surface area (Å²) in [5.74, 6) is 1.44. The summed E-state index contributed by atoms with van der Waals surface area (Å²) >= 11 is 0. The third-order valence-corrected chi connectivity index (χ3v) is 5.17. The van der Waals surface area contributed by atoms with Gasteiger partial charge in [0.25, 0.3) is 0 Å². The van der Waals surface area contributed by atoms with Gasteiger partial charge < -0.3 is 14.0 Å². The first kappa shape index (κ1) is 17.3. The van der Waals surface area contributed by atoms with Crippen LogP contribution in [0.4, 0.5) is 0 Å². The normalized spacial score (nSPS) is 11.2. The van der Waals surface area contributed by atoms with Gasteiger partial charge in [-0.1, -0.05) is 41.6 Å². The molecule has 5 rings (SSSR count). The number of aromatic nitrogens is 4. The van der Waals surface area contributed by atoms with E-state index < -0.39 is 0 Å². The van der Waals surface area contributed by atoms with E-state index in [1.807, 2.05) is 24.4 Å². The standard InChI is InChI=1S/C23H20N4O2/c1-28-17-11-12-23(29-2)22(13-17)27-15-16(24-25-27)14-26-20-9-5-3-7-18(20)19-8-4-6-10-21(19)26/h3-13,15H,14H2,1-2H3. The SMILES string of the molecule is COc1ccc(OC)c(-n2cc(Cn3c4ccccc4c4ccccc43)nn2)c1. The maximum Gasteiger partial charge on any atom is 0.144 e. The molecule has 0 aliphatic carbocycles. The third-order valence-electron chi connectivity index (χ3n) is 5.17. The zero-order chi connectivity index (χ0) is 19.8. The van der Waals surface area contributed by atoms with Crippen LogP contribution in [-0.2, 0) is 6.54 Å². The van der Waals surface area contributed by atoms with Crippen LogP contribution >= 0.6 is 0 Å². The molecule has 0 atom stereocenters. The smallest absolute Gasteiger partial charge is 0.144 e. The van der Waals surface area contributed by atoms with E-state index in [9.17, 15) is 0 Å². The molecule has 0 amide bonds. The lowest BCUT2D eigenvalue weighted by Crippen LogP contribution is -2.00. The highest BCUT2D eigenvalue weighted by molar-refractivity contribution is 6.08. The van der Waals surface area contributed by atoms with E-state index in [1.165, 1.54) is 21.8 Å². The van der Waals surface area contributed by atoms with Crippen LogP contribution in [0.25, 0.3) is 27.5 Å². The minimum Gasteiger partial charge on any atom is -0.497 e. The lowest BCUT2D eigenvalue weighted by Gasteiger charge is -2.09. The summed E-state index contributed by atoms with van der Waals surface area (Å²) in [4.78, 5) is 0. The summed E-state index contributed by atoms with van der Waals surface area (Å²) in [7, 11) is 3.28. The molecule has 0 radical (unpaired) electrons. The van der Waals surface area contributed by atoms with Crippen molar-refractivity contribution in [3.05, 3.63) is 78.6 Å². The molecule has 144 valence electrons. The molecule has 0 unspecified atom stereocenters. The average molecular weight is 384 g/mol. The van der Waals surface area contributed by atoms with Crippen LogP contribution in [-0.4, -0.2) is 33.8 Å². The molecule has 6 nitrogen and oxygen atoms in total. The molecule has 0 spiro atoms. The van der Waals surface area contributed by atoms with Crippen LogP contribution in [0.5, 0.6) is 11.5 Å².